The highest BCUT2D eigenvalue weighted by Gasteiger charge is 2.62. The van der Waals surface area contributed by atoms with E-state index in [1.807, 2.05) is 13.8 Å². The number of nitrogens with one attached hydrogen (secondary N) is 2. The molecule has 90 heavy (non-hydrogen) atoms. The fraction of sp³-hybridized carbons (Fsp3) is 0.855. The largest absolute Gasteiger partial charge is 0.394 e. The number of ketones is 1. The Bertz CT molecular complexity index is 2590. The zero-order valence-electron chi connectivity index (χ0n) is 52.6. The number of carbonyl (C=O) groups excluding carboxylic acids is 3. The van der Waals surface area contributed by atoms with E-state index in [4.69, 9.17) is 47.4 Å². The molecule has 5 heterocycles. The fourth-order valence-corrected chi connectivity index (χ4v) is 16.3. The number of aliphatic hydroxyl groups is 13. The second-order valence-electron chi connectivity index (χ2n) is 27.8. The van der Waals surface area contributed by atoms with Crippen LogP contribution in [-0.2, 0) is 61.8 Å². The highest BCUT2D eigenvalue weighted by molar-refractivity contribution is 5.90. The Hall–Kier alpha value is -3.09. The van der Waals surface area contributed by atoms with Crippen molar-refractivity contribution in [3.63, 3.8) is 0 Å². The molecule has 0 radical (unpaired) electrons. The van der Waals surface area contributed by atoms with Gasteiger partial charge in [0.1, 0.15) is 116 Å². The van der Waals surface area contributed by atoms with E-state index in [-0.39, 0.29) is 28.4 Å². The average molecular weight is 1290 g/mol. The van der Waals surface area contributed by atoms with Gasteiger partial charge in [-0.3, -0.25) is 14.4 Å². The number of ether oxygens (including phenoxy) is 10. The number of allylic oxidation sites excluding steroid dienone is 6. The summed E-state index contributed by atoms with van der Waals surface area (Å²) in [4.78, 5) is 38.4. The van der Waals surface area contributed by atoms with E-state index in [1.165, 1.54) is 11.1 Å². The standard InChI is InChI=1S/C62H98N2O26/c1-25(2)18-29(70)19-26(3)31-11-12-32-30-10-13-39-60(6,7)40(15-17-62(39,9)33(30)14-16-61(31,32)8)88-59-53(47(75)38(24-82-59)87-55-41(63-27(4)68)48(76)43(71)34(20-65)83-55)89-56-42(64-28(5)69)49(77)46(74)37(86-56)23-81-58-54(51(79)45(73)36(22-67)85-58)90-57-52(80)50(78)44(72)35(21-66)84-57/h10,14,18,26,31-32,34-59,65-67,71-80H,11-13,15-17,19-24H2,1-9H3,(H,63,68)(H,64,69)/t26-,31-,32+,34?,35?,36?,37?,38-,39+,40+,41?,42?,43+,44-,45-,46-,47?,48?,49?,50?,51?,52?,53?,54?,55+,56+,57+,58-,59+,61-,62-/m1/s1. The van der Waals surface area contributed by atoms with Gasteiger partial charge in [0.05, 0.1) is 39.1 Å². The Morgan fingerprint density at radius 2 is 1.14 bits per heavy atom. The van der Waals surface area contributed by atoms with Gasteiger partial charge in [0, 0.05) is 20.3 Å². The maximum Gasteiger partial charge on any atom is 0.217 e. The van der Waals surface area contributed by atoms with Crippen molar-refractivity contribution in [2.75, 3.05) is 33.0 Å². The molecule has 9 rings (SSSR count). The average Bonchev–Trinajstić information content (AvgIpc) is 1.18. The highest BCUT2D eigenvalue weighted by Crippen LogP contribution is 2.67. The summed E-state index contributed by atoms with van der Waals surface area (Å²) in [5.74, 6) is -0.291. The van der Waals surface area contributed by atoms with Gasteiger partial charge in [0.25, 0.3) is 0 Å². The van der Waals surface area contributed by atoms with E-state index >= 15 is 0 Å². The number of hydrogen-bond acceptors (Lipinski definition) is 26. The summed E-state index contributed by atoms with van der Waals surface area (Å²) in [6.07, 6.45) is -27.1. The van der Waals surface area contributed by atoms with Crippen LogP contribution in [0.15, 0.2) is 34.9 Å². The van der Waals surface area contributed by atoms with Crippen LogP contribution in [-0.4, -0.2) is 270 Å². The van der Waals surface area contributed by atoms with Crippen LogP contribution in [0.1, 0.15) is 107 Å². The van der Waals surface area contributed by atoms with Gasteiger partial charge >= 0.3 is 0 Å². The van der Waals surface area contributed by atoms with Crippen molar-refractivity contribution in [2.45, 2.75) is 261 Å². The van der Waals surface area contributed by atoms with Gasteiger partial charge in [-0.2, -0.15) is 0 Å². The smallest absolute Gasteiger partial charge is 0.217 e. The van der Waals surface area contributed by atoms with Crippen molar-refractivity contribution in [1.82, 2.24) is 10.6 Å². The van der Waals surface area contributed by atoms with E-state index in [2.05, 4.69) is 57.4 Å². The normalized spacial score (nSPS) is 47.1. The zero-order chi connectivity index (χ0) is 65.8. The van der Waals surface area contributed by atoms with Gasteiger partial charge in [0.15, 0.2) is 37.2 Å². The Labute approximate surface area is 523 Å². The van der Waals surface area contributed by atoms with Gasteiger partial charge in [-0.25, -0.2) is 0 Å². The van der Waals surface area contributed by atoms with E-state index in [9.17, 15) is 80.8 Å². The molecule has 0 aromatic rings. The molecule has 28 nitrogen and oxygen atoms in total. The molecule has 2 amide bonds. The lowest BCUT2D eigenvalue weighted by Gasteiger charge is -2.60. The summed E-state index contributed by atoms with van der Waals surface area (Å²) in [5, 5.41) is 147. The van der Waals surface area contributed by atoms with Crippen LogP contribution in [0.5, 0.6) is 0 Å². The van der Waals surface area contributed by atoms with Crippen molar-refractivity contribution in [3.8, 4) is 0 Å². The van der Waals surface area contributed by atoms with Crippen LogP contribution in [0.3, 0.4) is 0 Å². The third-order valence-electron chi connectivity index (χ3n) is 21.1. The van der Waals surface area contributed by atoms with Gasteiger partial charge in [-0.15, -0.1) is 0 Å². The minimum absolute atomic E-state index is 0.0214. The molecule has 0 spiro atoms. The first-order chi connectivity index (χ1) is 42.4. The summed E-state index contributed by atoms with van der Waals surface area (Å²) < 4.78 is 61.8. The number of fused-ring (bicyclic) bond motifs is 5. The monoisotopic (exact) mass is 1290 g/mol. The Balaban J connectivity index is 0.986. The second-order valence-corrected chi connectivity index (χ2v) is 27.8. The number of hydrogen-bond donors (Lipinski definition) is 15. The van der Waals surface area contributed by atoms with Gasteiger partial charge < -0.3 is 124 Å². The molecule has 5 saturated heterocycles. The van der Waals surface area contributed by atoms with Crippen LogP contribution in [0.4, 0.5) is 0 Å². The van der Waals surface area contributed by atoms with Crippen molar-refractivity contribution in [2.24, 2.45) is 39.9 Å². The maximum atomic E-state index is 13.0. The molecule has 5 aliphatic heterocycles. The van der Waals surface area contributed by atoms with Crippen molar-refractivity contribution in [3.05, 3.63) is 34.9 Å². The number of rotatable bonds is 20. The minimum atomic E-state index is -1.99. The molecule has 512 valence electrons. The molecule has 9 aliphatic rings. The SMILES string of the molecule is CC(=O)NC1C(O)[C@H](O)C(CO[C@@H]2OC(CO)[C@@H](O)C(O)C2O[C@@H]2OC(CO)[C@@H](O)C(O)C2O)O[C@H]1OC1C(O)[C@H](O[C@@H]2OC(CO)[C@H](O)C(O)C2NC(C)=O)CO[C@H]1O[C@H]1CC[C@]2(C)C3=CC[C@]4(C)[C@@H]([C@H](C)CC(=O)C=C(C)C)CC[C@H]4C3=CC[C@H]2C1(C)C. The predicted octanol–water partition coefficient (Wildman–Crippen LogP) is -2.91. The zero-order valence-corrected chi connectivity index (χ0v) is 52.6. The molecule has 7 fully saturated rings. The molecule has 0 bridgehead atoms. The predicted molar refractivity (Wildman–Crippen MR) is 309 cm³/mol. The third kappa shape index (κ3) is 14.0. The van der Waals surface area contributed by atoms with E-state index in [0.29, 0.717) is 31.1 Å². The molecular weight excluding hydrogens is 1190 g/mol. The molecular formula is C62H98N2O26. The van der Waals surface area contributed by atoms with Gasteiger partial charge in [-0.1, -0.05) is 52.3 Å². The van der Waals surface area contributed by atoms with E-state index < -0.39 is 204 Å². The molecule has 28 heteroatoms. The van der Waals surface area contributed by atoms with Gasteiger partial charge in [0.2, 0.25) is 11.8 Å². The molecule has 15 N–H and O–H groups in total. The summed E-state index contributed by atoms with van der Waals surface area (Å²) >= 11 is 0. The van der Waals surface area contributed by atoms with Crippen LogP contribution < -0.4 is 10.6 Å². The Kier molecular flexibility index (Phi) is 22.7. The topological polar surface area (TPSA) is 431 Å². The summed E-state index contributed by atoms with van der Waals surface area (Å²) in [5.41, 5.74) is 2.80. The van der Waals surface area contributed by atoms with E-state index in [1.54, 1.807) is 6.08 Å². The number of carbonyl (C=O) groups is 3. The van der Waals surface area contributed by atoms with Crippen LogP contribution in [0.25, 0.3) is 0 Å². The van der Waals surface area contributed by atoms with Gasteiger partial charge in [-0.05, 0) is 110 Å². The summed E-state index contributed by atoms with van der Waals surface area (Å²) in [7, 11) is 0. The molecule has 0 aromatic carbocycles. The summed E-state index contributed by atoms with van der Waals surface area (Å²) in [6.45, 7) is 13.6. The Morgan fingerprint density at radius 1 is 0.611 bits per heavy atom. The number of amides is 2. The molecule has 31 atom stereocenters. The fourth-order valence-electron chi connectivity index (χ4n) is 16.3. The lowest BCUT2D eigenvalue weighted by atomic mass is 9.46. The minimum Gasteiger partial charge on any atom is -0.394 e. The van der Waals surface area contributed by atoms with Crippen LogP contribution in [0, 0.1) is 39.9 Å². The van der Waals surface area contributed by atoms with Crippen molar-refractivity contribution in [1.29, 1.82) is 0 Å². The van der Waals surface area contributed by atoms with Crippen molar-refractivity contribution >= 4 is 17.6 Å². The first kappa shape index (κ1) is 71.2. The molecule has 0 aromatic heterocycles. The van der Waals surface area contributed by atoms with Crippen LogP contribution >= 0.6 is 0 Å². The lowest BCUT2D eigenvalue weighted by molar-refractivity contribution is -0.379. The molecule has 4 aliphatic carbocycles. The first-order valence-electron chi connectivity index (χ1n) is 31.6. The maximum absolute atomic E-state index is 13.0. The number of aliphatic hydroxyl groups excluding tert-OH is 13. The first-order valence-corrected chi connectivity index (χ1v) is 31.6. The van der Waals surface area contributed by atoms with Crippen molar-refractivity contribution < 1.29 is 128 Å². The lowest BCUT2D eigenvalue weighted by Crippen LogP contribution is -2.68. The molecule has 2 saturated carbocycles. The second kappa shape index (κ2) is 28.7. The Morgan fingerprint density at radius 3 is 1.74 bits per heavy atom. The third-order valence-corrected chi connectivity index (χ3v) is 21.1. The molecule has 14 unspecified atom stereocenters. The van der Waals surface area contributed by atoms with E-state index in [0.717, 1.165) is 45.1 Å². The van der Waals surface area contributed by atoms with Crippen LogP contribution in [0.2, 0.25) is 0 Å². The highest BCUT2D eigenvalue weighted by atomic mass is 16.8. The summed E-state index contributed by atoms with van der Waals surface area (Å²) in [6, 6.07) is -3.07. The quantitative estimate of drug-likeness (QED) is 0.0544.